The molecule has 0 radical (unpaired) electrons. The van der Waals surface area contributed by atoms with Gasteiger partial charge in [0.2, 0.25) is 0 Å². The molecule has 1 aromatic carbocycles. The number of carbonyl (C=O) groups excluding carboxylic acids is 1. The Labute approximate surface area is 125 Å². The Balaban J connectivity index is 2.15. The molecule has 2 rings (SSSR count). The number of hydrogen-bond donors (Lipinski definition) is 2. The van der Waals surface area contributed by atoms with Crippen molar-refractivity contribution < 1.29 is 14.6 Å². The summed E-state index contributed by atoms with van der Waals surface area (Å²) < 4.78 is 5.43. The molecule has 0 aromatic heterocycles. The molecule has 1 aromatic rings. The lowest BCUT2D eigenvalue weighted by Crippen LogP contribution is -2.33. The lowest BCUT2D eigenvalue weighted by molar-refractivity contribution is 0.0438. The van der Waals surface area contributed by atoms with Crippen LogP contribution in [-0.2, 0) is 0 Å². The molecule has 3 N–H and O–H groups in total. The van der Waals surface area contributed by atoms with E-state index in [9.17, 15) is 9.90 Å². The van der Waals surface area contributed by atoms with Crippen molar-refractivity contribution in [3.05, 3.63) is 23.8 Å². The Morgan fingerprint density at radius 3 is 2.86 bits per heavy atom. The van der Waals surface area contributed by atoms with Gasteiger partial charge in [-0.2, -0.15) is 0 Å². The minimum absolute atomic E-state index is 0.0547. The van der Waals surface area contributed by atoms with Crippen LogP contribution in [0.4, 0.5) is 5.69 Å². The van der Waals surface area contributed by atoms with E-state index in [1.54, 1.807) is 23.1 Å². The first-order valence-corrected chi connectivity index (χ1v) is 7.46. The number of amides is 1. The largest absolute Gasteiger partial charge is 0.494 e. The van der Waals surface area contributed by atoms with Crippen molar-refractivity contribution in [3.63, 3.8) is 0 Å². The lowest BCUT2D eigenvalue weighted by atomic mass is 9.98. The first kappa shape index (κ1) is 15.6. The highest BCUT2D eigenvalue weighted by atomic mass is 16.5. The second-order valence-corrected chi connectivity index (χ2v) is 5.87. The number of nitrogen functional groups attached to an aromatic ring is 1. The van der Waals surface area contributed by atoms with Gasteiger partial charge in [-0.1, -0.05) is 0 Å². The maximum Gasteiger partial charge on any atom is 0.254 e. The van der Waals surface area contributed by atoms with Crippen molar-refractivity contribution in [1.29, 1.82) is 0 Å². The van der Waals surface area contributed by atoms with Crippen LogP contribution >= 0.6 is 0 Å². The van der Waals surface area contributed by atoms with Gasteiger partial charge in [0.15, 0.2) is 0 Å². The molecule has 0 bridgehead atoms. The van der Waals surface area contributed by atoms with E-state index in [2.05, 4.69) is 0 Å². The van der Waals surface area contributed by atoms with Crippen LogP contribution in [0.25, 0.3) is 0 Å². The molecule has 1 atom stereocenters. The number of carbonyl (C=O) groups is 1. The summed E-state index contributed by atoms with van der Waals surface area (Å²) in [7, 11) is 0. The SMILES string of the molecule is CCOc1cc(N)cc(C(=O)N2CCCC(C)(O)CC2)c1. The van der Waals surface area contributed by atoms with E-state index >= 15 is 0 Å². The molecule has 1 unspecified atom stereocenters. The molecule has 1 fully saturated rings. The summed E-state index contributed by atoms with van der Waals surface area (Å²) in [6, 6.07) is 5.12. The number of aliphatic hydroxyl groups is 1. The minimum Gasteiger partial charge on any atom is -0.494 e. The van der Waals surface area contributed by atoms with Gasteiger partial charge in [-0.15, -0.1) is 0 Å². The first-order chi connectivity index (χ1) is 9.91. The number of likely N-dealkylation sites (tertiary alicyclic amines) is 1. The average molecular weight is 292 g/mol. The zero-order valence-electron chi connectivity index (χ0n) is 12.8. The fourth-order valence-electron chi connectivity index (χ4n) is 2.64. The van der Waals surface area contributed by atoms with Crippen LogP contribution in [0.1, 0.15) is 43.5 Å². The number of rotatable bonds is 3. The van der Waals surface area contributed by atoms with Gasteiger partial charge in [-0.05, 0) is 45.2 Å². The Bertz CT molecular complexity index is 514. The van der Waals surface area contributed by atoms with Crippen molar-refractivity contribution in [2.75, 3.05) is 25.4 Å². The van der Waals surface area contributed by atoms with E-state index in [0.717, 1.165) is 12.8 Å². The van der Waals surface area contributed by atoms with Gasteiger partial charge >= 0.3 is 0 Å². The summed E-state index contributed by atoms with van der Waals surface area (Å²) in [6.07, 6.45) is 2.12. The Morgan fingerprint density at radius 2 is 2.14 bits per heavy atom. The summed E-state index contributed by atoms with van der Waals surface area (Å²) >= 11 is 0. The second kappa shape index (κ2) is 6.35. The van der Waals surface area contributed by atoms with Crippen LogP contribution in [-0.4, -0.2) is 41.2 Å². The highest BCUT2D eigenvalue weighted by Crippen LogP contribution is 2.24. The monoisotopic (exact) mass is 292 g/mol. The minimum atomic E-state index is -0.679. The number of nitrogens with zero attached hydrogens (tertiary/aromatic N) is 1. The van der Waals surface area contributed by atoms with Gasteiger partial charge in [-0.25, -0.2) is 0 Å². The van der Waals surface area contributed by atoms with Gasteiger partial charge in [-0.3, -0.25) is 4.79 Å². The van der Waals surface area contributed by atoms with E-state index in [1.807, 2.05) is 13.8 Å². The van der Waals surface area contributed by atoms with Crippen molar-refractivity contribution in [2.24, 2.45) is 0 Å². The standard InChI is InChI=1S/C16H24N2O3/c1-3-21-14-10-12(9-13(17)11-14)15(19)18-7-4-5-16(2,20)6-8-18/h9-11,20H,3-8,17H2,1-2H3. The van der Waals surface area contributed by atoms with Crippen LogP contribution in [0.2, 0.25) is 0 Å². The van der Waals surface area contributed by atoms with E-state index < -0.39 is 5.60 Å². The average Bonchev–Trinajstić information content (AvgIpc) is 2.58. The Morgan fingerprint density at radius 1 is 1.38 bits per heavy atom. The molecule has 5 nitrogen and oxygen atoms in total. The van der Waals surface area contributed by atoms with Crippen molar-refractivity contribution in [3.8, 4) is 5.75 Å². The quantitative estimate of drug-likeness (QED) is 0.836. The van der Waals surface area contributed by atoms with Crippen LogP contribution < -0.4 is 10.5 Å². The fourth-order valence-corrected chi connectivity index (χ4v) is 2.64. The lowest BCUT2D eigenvalue weighted by Gasteiger charge is -2.23. The summed E-state index contributed by atoms with van der Waals surface area (Å²) in [4.78, 5) is 14.4. The summed E-state index contributed by atoms with van der Waals surface area (Å²) in [6.45, 7) is 5.47. The summed E-state index contributed by atoms with van der Waals surface area (Å²) in [5, 5.41) is 10.1. The van der Waals surface area contributed by atoms with Crippen LogP contribution in [0.3, 0.4) is 0 Å². The predicted molar refractivity (Wildman–Crippen MR) is 82.4 cm³/mol. The fraction of sp³-hybridized carbons (Fsp3) is 0.562. The zero-order valence-corrected chi connectivity index (χ0v) is 12.8. The summed E-state index contributed by atoms with van der Waals surface area (Å²) in [5.74, 6) is 0.559. The normalized spacial score (nSPS) is 22.7. The summed E-state index contributed by atoms with van der Waals surface area (Å²) in [5.41, 5.74) is 6.22. The van der Waals surface area contributed by atoms with Gasteiger partial charge < -0.3 is 20.5 Å². The number of benzene rings is 1. The van der Waals surface area contributed by atoms with Crippen molar-refractivity contribution in [2.45, 2.75) is 38.7 Å². The molecule has 1 amide bonds. The molecule has 1 saturated heterocycles. The van der Waals surface area contributed by atoms with Gasteiger partial charge in [0.05, 0.1) is 12.2 Å². The second-order valence-electron chi connectivity index (χ2n) is 5.87. The van der Waals surface area contributed by atoms with Gasteiger partial charge in [0.25, 0.3) is 5.91 Å². The molecule has 5 heteroatoms. The predicted octanol–water partition coefficient (Wildman–Crippen LogP) is 2.04. The third-order valence-corrected chi connectivity index (χ3v) is 3.84. The molecule has 0 saturated carbocycles. The topological polar surface area (TPSA) is 75.8 Å². The molecular formula is C16H24N2O3. The van der Waals surface area contributed by atoms with Gasteiger partial charge in [0, 0.05) is 30.4 Å². The van der Waals surface area contributed by atoms with Crippen molar-refractivity contribution in [1.82, 2.24) is 4.90 Å². The van der Waals surface area contributed by atoms with E-state index in [-0.39, 0.29) is 5.91 Å². The number of hydrogen-bond acceptors (Lipinski definition) is 4. The highest BCUT2D eigenvalue weighted by molar-refractivity contribution is 5.95. The van der Waals surface area contributed by atoms with Gasteiger partial charge in [0.1, 0.15) is 5.75 Å². The maximum absolute atomic E-state index is 12.6. The molecule has 1 aliphatic heterocycles. The number of anilines is 1. The molecule has 21 heavy (non-hydrogen) atoms. The van der Waals surface area contributed by atoms with Crippen molar-refractivity contribution >= 4 is 11.6 Å². The first-order valence-electron chi connectivity index (χ1n) is 7.46. The Hall–Kier alpha value is -1.75. The molecule has 116 valence electrons. The molecular weight excluding hydrogens is 268 g/mol. The van der Waals surface area contributed by atoms with Crippen LogP contribution in [0.15, 0.2) is 18.2 Å². The van der Waals surface area contributed by atoms with E-state index in [1.165, 1.54) is 0 Å². The third-order valence-electron chi connectivity index (χ3n) is 3.84. The maximum atomic E-state index is 12.6. The smallest absolute Gasteiger partial charge is 0.254 e. The van der Waals surface area contributed by atoms with Crippen LogP contribution in [0.5, 0.6) is 5.75 Å². The number of ether oxygens (including phenoxy) is 1. The van der Waals surface area contributed by atoms with E-state index in [0.29, 0.717) is 43.1 Å². The zero-order chi connectivity index (χ0) is 15.5. The molecule has 1 heterocycles. The third kappa shape index (κ3) is 4.11. The molecule has 0 spiro atoms. The highest BCUT2D eigenvalue weighted by Gasteiger charge is 2.27. The van der Waals surface area contributed by atoms with Crippen LogP contribution in [0, 0.1) is 0 Å². The van der Waals surface area contributed by atoms with E-state index in [4.69, 9.17) is 10.5 Å². The number of nitrogens with two attached hydrogens (primary N) is 1. The Kier molecular flexibility index (Phi) is 4.73. The molecule has 0 aliphatic carbocycles. The molecule has 1 aliphatic rings.